The molecule has 0 aliphatic rings. The lowest BCUT2D eigenvalue weighted by atomic mass is 10.5. The predicted octanol–water partition coefficient (Wildman–Crippen LogP) is 3.11. The zero-order valence-corrected chi connectivity index (χ0v) is 8.11. The Morgan fingerprint density at radius 2 is 2.40 bits per heavy atom. The summed E-state index contributed by atoms with van der Waals surface area (Å²) in [6.07, 6.45) is 3.34. The lowest BCUT2D eigenvalue weighted by Crippen LogP contribution is -1.89. The number of aliphatic imine (C=N–C) groups is 1. The van der Waals surface area contributed by atoms with Gasteiger partial charge in [-0.05, 0) is 22.9 Å². The topological polar surface area (TPSA) is 12.4 Å². The largest absolute Gasteiger partial charge is 0.264 e. The first kappa shape index (κ1) is 9.92. The highest BCUT2D eigenvalue weighted by molar-refractivity contribution is 9.11. The van der Waals surface area contributed by atoms with Gasteiger partial charge < -0.3 is 0 Å². The summed E-state index contributed by atoms with van der Waals surface area (Å²) < 4.78 is 0.858. The van der Waals surface area contributed by atoms with Gasteiger partial charge in [-0.3, -0.25) is 4.99 Å². The van der Waals surface area contributed by atoms with Gasteiger partial charge in [-0.1, -0.05) is 12.7 Å². The Balaban J connectivity index is 4.03. The van der Waals surface area contributed by atoms with E-state index < -0.39 is 0 Å². The van der Waals surface area contributed by atoms with Crippen LogP contribution in [0.15, 0.2) is 28.3 Å². The molecule has 0 saturated heterocycles. The first-order valence-corrected chi connectivity index (χ1v) is 4.10. The average molecular weight is 223 g/mol. The van der Waals surface area contributed by atoms with Crippen molar-refractivity contribution in [1.82, 2.24) is 0 Å². The van der Waals surface area contributed by atoms with E-state index in [0.29, 0.717) is 5.88 Å². The Morgan fingerprint density at radius 3 is 2.80 bits per heavy atom. The molecule has 0 N–H and O–H groups in total. The maximum absolute atomic E-state index is 5.48. The summed E-state index contributed by atoms with van der Waals surface area (Å²) >= 11 is 8.70. The molecule has 3 heteroatoms. The third kappa shape index (κ3) is 4.77. The lowest BCUT2D eigenvalue weighted by Gasteiger charge is -1.87. The van der Waals surface area contributed by atoms with Crippen LogP contribution in [0, 0.1) is 0 Å². The maximum Gasteiger partial charge on any atom is 0.0605 e. The highest BCUT2D eigenvalue weighted by Crippen LogP contribution is 2.04. The second-order valence-electron chi connectivity index (χ2n) is 1.72. The third-order valence-corrected chi connectivity index (χ3v) is 1.71. The van der Waals surface area contributed by atoms with Crippen molar-refractivity contribution in [1.29, 1.82) is 0 Å². The number of nitrogens with zero attached hydrogens (tertiary/aromatic N) is 1. The molecule has 56 valence electrons. The minimum absolute atomic E-state index is 0.466. The van der Waals surface area contributed by atoms with E-state index in [1.165, 1.54) is 0 Å². The Morgan fingerprint density at radius 1 is 1.80 bits per heavy atom. The van der Waals surface area contributed by atoms with Gasteiger partial charge in [0.05, 0.1) is 5.88 Å². The first-order chi connectivity index (χ1) is 4.70. The van der Waals surface area contributed by atoms with E-state index in [4.69, 9.17) is 11.6 Å². The third-order valence-electron chi connectivity index (χ3n) is 0.797. The minimum Gasteiger partial charge on any atom is -0.264 e. The van der Waals surface area contributed by atoms with E-state index in [1.54, 1.807) is 12.3 Å². The van der Waals surface area contributed by atoms with Crippen molar-refractivity contribution in [2.75, 3.05) is 5.88 Å². The Kier molecular flexibility index (Phi) is 5.64. The first-order valence-electron chi connectivity index (χ1n) is 2.78. The molecule has 0 aliphatic carbocycles. The molecule has 0 bridgehead atoms. The molecule has 0 spiro atoms. The fraction of sp³-hybridized carbons (Fsp3) is 0.286. The molecule has 0 aromatic heterocycles. The zero-order chi connectivity index (χ0) is 7.98. The second-order valence-corrected chi connectivity index (χ2v) is 2.90. The van der Waals surface area contributed by atoms with Gasteiger partial charge >= 0.3 is 0 Å². The van der Waals surface area contributed by atoms with Crippen LogP contribution in [-0.4, -0.2) is 11.6 Å². The molecule has 1 nitrogen and oxygen atoms in total. The van der Waals surface area contributed by atoms with Gasteiger partial charge in [0.1, 0.15) is 0 Å². The monoisotopic (exact) mass is 221 g/mol. The smallest absolute Gasteiger partial charge is 0.0605 e. The predicted molar refractivity (Wildman–Crippen MR) is 51.0 cm³/mol. The standard InChI is InChI=1S/C7H9BrClN/c1-3-7(8)5-10-6(2)4-9/h3,5H,1,4H2,2H3/b7-5+,10-6?. The van der Waals surface area contributed by atoms with Crippen LogP contribution in [0.1, 0.15) is 6.92 Å². The van der Waals surface area contributed by atoms with E-state index in [1.807, 2.05) is 6.92 Å². The van der Waals surface area contributed by atoms with Crippen LogP contribution in [0.3, 0.4) is 0 Å². The lowest BCUT2D eigenvalue weighted by molar-refractivity contribution is 1.50. The van der Waals surface area contributed by atoms with Crippen LogP contribution in [0.2, 0.25) is 0 Å². The molecule has 0 atom stereocenters. The van der Waals surface area contributed by atoms with Gasteiger partial charge in [0, 0.05) is 16.4 Å². The summed E-state index contributed by atoms with van der Waals surface area (Å²) in [5.74, 6) is 0.466. The maximum atomic E-state index is 5.48. The quantitative estimate of drug-likeness (QED) is 0.395. The Bertz CT molecular complexity index is 172. The number of allylic oxidation sites excluding steroid dienone is 2. The van der Waals surface area contributed by atoms with Crippen molar-refractivity contribution >= 4 is 33.2 Å². The summed E-state index contributed by atoms with van der Waals surface area (Å²) in [7, 11) is 0. The highest BCUT2D eigenvalue weighted by Gasteiger charge is 1.83. The molecule has 0 unspecified atom stereocenters. The zero-order valence-electron chi connectivity index (χ0n) is 5.77. The summed E-state index contributed by atoms with van der Waals surface area (Å²) in [4.78, 5) is 4.02. The normalized spacial score (nSPS) is 13.5. The molecule has 0 aliphatic heterocycles. The molecule has 0 saturated carbocycles. The number of hydrogen-bond donors (Lipinski definition) is 0. The molecule has 0 aromatic carbocycles. The van der Waals surface area contributed by atoms with Gasteiger partial charge in [0.2, 0.25) is 0 Å². The summed E-state index contributed by atoms with van der Waals surface area (Å²) in [5.41, 5.74) is 0.889. The van der Waals surface area contributed by atoms with Crippen molar-refractivity contribution in [3.05, 3.63) is 23.3 Å². The number of halogens is 2. The summed E-state index contributed by atoms with van der Waals surface area (Å²) in [6.45, 7) is 5.41. The van der Waals surface area contributed by atoms with Crippen LogP contribution in [0.25, 0.3) is 0 Å². The van der Waals surface area contributed by atoms with Gasteiger partial charge in [-0.15, -0.1) is 11.6 Å². The molecular weight excluding hydrogens is 213 g/mol. The number of hydrogen-bond acceptors (Lipinski definition) is 1. The van der Waals surface area contributed by atoms with Gasteiger partial charge in [0.25, 0.3) is 0 Å². The minimum atomic E-state index is 0.466. The molecule has 0 amide bonds. The van der Waals surface area contributed by atoms with Gasteiger partial charge in [-0.25, -0.2) is 0 Å². The van der Waals surface area contributed by atoms with Crippen LogP contribution in [0.4, 0.5) is 0 Å². The van der Waals surface area contributed by atoms with Crippen LogP contribution >= 0.6 is 27.5 Å². The van der Waals surface area contributed by atoms with E-state index in [0.717, 1.165) is 10.2 Å². The second kappa shape index (κ2) is 5.69. The van der Waals surface area contributed by atoms with Crippen LogP contribution < -0.4 is 0 Å². The summed E-state index contributed by atoms with van der Waals surface area (Å²) in [5, 5.41) is 0. The molecule has 0 rings (SSSR count). The van der Waals surface area contributed by atoms with E-state index >= 15 is 0 Å². The fourth-order valence-corrected chi connectivity index (χ4v) is 0.430. The van der Waals surface area contributed by atoms with E-state index in [-0.39, 0.29) is 0 Å². The molecule has 10 heavy (non-hydrogen) atoms. The number of rotatable bonds is 3. The molecule has 0 radical (unpaired) electrons. The molecule has 0 heterocycles. The average Bonchev–Trinajstić information content (AvgIpc) is 1.99. The van der Waals surface area contributed by atoms with E-state index in [9.17, 15) is 0 Å². The highest BCUT2D eigenvalue weighted by atomic mass is 79.9. The SMILES string of the molecule is C=C/C(Br)=C\N=C(C)CCl. The van der Waals surface area contributed by atoms with Gasteiger partial charge in [0.15, 0.2) is 0 Å². The fourth-order valence-electron chi connectivity index (χ4n) is 0.259. The van der Waals surface area contributed by atoms with Crippen molar-refractivity contribution in [3.63, 3.8) is 0 Å². The van der Waals surface area contributed by atoms with Crippen molar-refractivity contribution in [2.24, 2.45) is 4.99 Å². The van der Waals surface area contributed by atoms with Crippen molar-refractivity contribution < 1.29 is 0 Å². The van der Waals surface area contributed by atoms with Crippen LogP contribution in [0.5, 0.6) is 0 Å². The van der Waals surface area contributed by atoms with E-state index in [2.05, 4.69) is 27.5 Å². The van der Waals surface area contributed by atoms with Gasteiger partial charge in [-0.2, -0.15) is 0 Å². The molecule has 0 fully saturated rings. The molecular formula is C7H9BrClN. The summed E-state index contributed by atoms with van der Waals surface area (Å²) in [6, 6.07) is 0. The Hall–Kier alpha value is -0.0800. The van der Waals surface area contributed by atoms with Crippen molar-refractivity contribution in [2.45, 2.75) is 6.92 Å². The van der Waals surface area contributed by atoms with Crippen LogP contribution in [-0.2, 0) is 0 Å². The molecule has 0 aromatic rings. The number of alkyl halides is 1. The van der Waals surface area contributed by atoms with Crippen molar-refractivity contribution in [3.8, 4) is 0 Å². The Labute approximate surface area is 74.6 Å².